The first-order valence-corrected chi connectivity index (χ1v) is 5.47. The lowest BCUT2D eigenvalue weighted by Gasteiger charge is -2.01. The predicted molar refractivity (Wildman–Crippen MR) is 60.4 cm³/mol. The number of rotatable bonds is 3. The third-order valence-electron chi connectivity index (χ3n) is 2.07. The first-order chi connectivity index (χ1) is 7.28. The normalized spacial score (nSPS) is 10.3. The van der Waals surface area contributed by atoms with E-state index in [1.54, 1.807) is 7.11 Å². The fourth-order valence-electron chi connectivity index (χ4n) is 1.38. The number of hydrogen-bond acceptors (Lipinski definition) is 4. The van der Waals surface area contributed by atoms with E-state index in [4.69, 9.17) is 4.74 Å². The highest BCUT2D eigenvalue weighted by atomic mass is 32.1. The van der Waals surface area contributed by atoms with E-state index in [1.165, 1.54) is 17.1 Å². The zero-order valence-electron chi connectivity index (χ0n) is 8.73. The molecule has 3 nitrogen and oxygen atoms in total. The van der Waals surface area contributed by atoms with Gasteiger partial charge in [-0.15, -0.1) is 0 Å². The average Bonchev–Trinajstić information content (AvgIpc) is 2.64. The molecule has 2 aromatic rings. The molecule has 0 aliphatic carbocycles. The van der Waals surface area contributed by atoms with Gasteiger partial charge in [-0.1, -0.05) is 12.1 Å². The van der Waals surface area contributed by atoms with Crippen molar-refractivity contribution in [2.24, 2.45) is 0 Å². The van der Waals surface area contributed by atoms with Gasteiger partial charge in [-0.2, -0.15) is 4.37 Å². The molecular weight excluding hydrogens is 208 g/mol. The van der Waals surface area contributed by atoms with E-state index in [0.29, 0.717) is 0 Å². The lowest BCUT2D eigenvalue weighted by atomic mass is 10.1. The Bertz CT molecular complexity index is 453. The average molecular weight is 220 g/mol. The van der Waals surface area contributed by atoms with Crippen LogP contribution in [0.1, 0.15) is 16.4 Å². The second-order valence-corrected chi connectivity index (χ2v) is 4.21. The van der Waals surface area contributed by atoms with E-state index in [9.17, 15) is 0 Å². The summed E-state index contributed by atoms with van der Waals surface area (Å²) >= 11 is 1.44. The number of nitrogens with zero attached hydrogens (tertiary/aromatic N) is 2. The predicted octanol–water partition coefficient (Wildman–Crippen LogP) is 2.45. The van der Waals surface area contributed by atoms with E-state index in [0.717, 1.165) is 23.0 Å². The highest BCUT2D eigenvalue weighted by Gasteiger charge is 2.02. The Morgan fingerprint density at radius 1 is 1.40 bits per heavy atom. The van der Waals surface area contributed by atoms with E-state index < -0.39 is 0 Å². The minimum atomic E-state index is 0.765. The summed E-state index contributed by atoms with van der Waals surface area (Å²) < 4.78 is 9.42. The van der Waals surface area contributed by atoms with Crippen molar-refractivity contribution < 1.29 is 4.74 Å². The highest BCUT2D eigenvalue weighted by molar-refractivity contribution is 7.05. The molecule has 2 rings (SSSR count). The van der Waals surface area contributed by atoms with Crippen LogP contribution in [0.5, 0.6) is 5.75 Å². The van der Waals surface area contributed by atoms with Crippen LogP contribution in [0.15, 0.2) is 24.3 Å². The van der Waals surface area contributed by atoms with Gasteiger partial charge in [0.15, 0.2) is 0 Å². The van der Waals surface area contributed by atoms with Crippen LogP contribution in [0.2, 0.25) is 0 Å². The van der Waals surface area contributed by atoms with Gasteiger partial charge < -0.3 is 4.74 Å². The third-order valence-corrected chi connectivity index (χ3v) is 2.72. The summed E-state index contributed by atoms with van der Waals surface area (Å²) in [5.74, 6) is 1.75. The molecule has 0 fully saturated rings. The van der Waals surface area contributed by atoms with Gasteiger partial charge in [-0.05, 0) is 36.2 Å². The molecule has 0 unspecified atom stereocenters. The Labute approximate surface area is 92.9 Å². The van der Waals surface area contributed by atoms with Gasteiger partial charge >= 0.3 is 0 Å². The molecule has 0 amide bonds. The Morgan fingerprint density at radius 2 is 2.27 bits per heavy atom. The molecule has 0 radical (unpaired) electrons. The largest absolute Gasteiger partial charge is 0.497 e. The third kappa shape index (κ3) is 2.53. The number of hydrogen-bond donors (Lipinski definition) is 0. The molecule has 78 valence electrons. The fraction of sp³-hybridized carbons (Fsp3) is 0.273. The molecule has 0 saturated heterocycles. The Morgan fingerprint density at radius 3 is 2.93 bits per heavy atom. The molecule has 1 heterocycles. The van der Waals surface area contributed by atoms with Crippen LogP contribution in [0.25, 0.3) is 0 Å². The van der Waals surface area contributed by atoms with Gasteiger partial charge in [-0.25, -0.2) is 4.98 Å². The topological polar surface area (TPSA) is 35.0 Å². The summed E-state index contributed by atoms with van der Waals surface area (Å²) in [5.41, 5.74) is 1.17. The second-order valence-electron chi connectivity index (χ2n) is 3.26. The fourth-order valence-corrected chi connectivity index (χ4v) is 1.87. The lowest BCUT2D eigenvalue weighted by Crippen LogP contribution is -1.91. The maximum atomic E-state index is 5.16. The molecule has 1 aromatic carbocycles. The van der Waals surface area contributed by atoms with Gasteiger partial charge in [0.2, 0.25) is 0 Å². The molecule has 15 heavy (non-hydrogen) atoms. The summed E-state index contributed by atoms with van der Waals surface area (Å²) in [7, 11) is 1.67. The number of ether oxygens (including phenoxy) is 1. The number of aromatic nitrogens is 2. The van der Waals surface area contributed by atoms with Crippen LogP contribution in [0.4, 0.5) is 0 Å². The highest BCUT2D eigenvalue weighted by Crippen LogP contribution is 2.15. The van der Waals surface area contributed by atoms with Crippen LogP contribution < -0.4 is 4.74 Å². The van der Waals surface area contributed by atoms with Gasteiger partial charge in [0.1, 0.15) is 16.6 Å². The Hall–Kier alpha value is -1.42. The summed E-state index contributed by atoms with van der Waals surface area (Å²) in [6, 6.07) is 7.98. The van der Waals surface area contributed by atoms with Crippen molar-refractivity contribution in [2.45, 2.75) is 13.3 Å². The summed E-state index contributed by atoms with van der Waals surface area (Å²) in [6.07, 6.45) is 0.765. The van der Waals surface area contributed by atoms with Crippen molar-refractivity contribution in [2.75, 3.05) is 7.11 Å². The summed E-state index contributed by atoms with van der Waals surface area (Å²) in [5, 5.41) is 1.01. The van der Waals surface area contributed by atoms with Crippen molar-refractivity contribution >= 4 is 11.5 Å². The first-order valence-electron chi connectivity index (χ1n) is 4.70. The number of benzene rings is 1. The SMILES string of the molecule is COc1cccc(Cc2nsc(C)n2)c1. The van der Waals surface area contributed by atoms with Crippen LogP contribution in [0, 0.1) is 6.92 Å². The Balaban J connectivity index is 2.16. The van der Waals surface area contributed by atoms with E-state index in [2.05, 4.69) is 15.4 Å². The van der Waals surface area contributed by atoms with Gasteiger partial charge in [0.05, 0.1) is 7.11 Å². The van der Waals surface area contributed by atoms with E-state index in [-0.39, 0.29) is 0 Å². The van der Waals surface area contributed by atoms with Gasteiger partial charge in [-0.3, -0.25) is 0 Å². The van der Waals surface area contributed by atoms with Crippen LogP contribution in [0.3, 0.4) is 0 Å². The van der Waals surface area contributed by atoms with Gasteiger partial charge in [0.25, 0.3) is 0 Å². The summed E-state index contributed by atoms with van der Waals surface area (Å²) in [4.78, 5) is 4.33. The van der Waals surface area contributed by atoms with Crippen LogP contribution >= 0.6 is 11.5 Å². The molecule has 0 spiro atoms. The second kappa shape index (κ2) is 4.40. The van der Waals surface area contributed by atoms with Crippen molar-refractivity contribution in [3.63, 3.8) is 0 Å². The van der Waals surface area contributed by atoms with Crippen molar-refractivity contribution in [1.29, 1.82) is 0 Å². The molecule has 4 heteroatoms. The van der Waals surface area contributed by atoms with Crippen molar-refractivity contribution in [3.05, 3.63) is 40.7 Å². The molecule has 0 N–H and O–H groups in total. The minimum absolute atomic E-state index is 0.765. The molecule has 0 aliphatic heterocycles. The van der Waals surface area contributed by atoms with E-state index in [1.807, 2.05) is 25.1 Å². The number of methoxy groups -OCH3 is 1. The van der Waals surface area contributed by atoms with E-state index >= 15 is 0 Å². The lowest BCUT2D eigenvalue weighted by molar-refractivity contribution is 0.414. The monoisotopic (exact) mass is 220 g/mol. The molecule has 0 saturated carbocycles. The summed E-state index contributed by atoms with van der Waals surface area (Å²) in [6.45, 7) is 1.97. The number of aryl methyl sites for hydroxylation is 1. The Kier molecular flexibility index (Phi) is 2.97. The molecule has 1 aromatic heterocycles. The van der Waals surface area contributed by atoms with Crippen LogP contribution in [-0.2, 0) is 6.42 Å². The first kappa shape index (κ1) is 10.1. The zero-order chi connectivity index (χ0) is 10.7. The maximum Gasteiger partial charge on any atom is 0.146 e. The van der Waals surface area contributed by atoms with Crippen LogP contribution in [-0.4, -0.2) is 16.5 Å². The standard InChI is InChI=1S/C11H12N2OS/c1-8-12-11(13-15-8)7-9-4-3-5-10(6-9)14-2/h3-6H,7H2,1-2H3. The maximum absolute atomic E-state index is 5.16. The van der Waals surface area contributed by atoms with Gasteiger partial charge in [0, 0.05) is 6.42 Å². The molecule has 0 bridgehead atoms. The minimum Gasteiger partial charge on any atom is -0.497 e. The molecule has 0 aliphatic rings. The quantitative estimate of drug-likeness (QED) is 0.797. The van der Waals surface area contributed by atoms with Crippen molar-refractivity contribution in [3.8, 4) is 5.75 Å². The molecule has 0 atom stereocenters. The molecular formula is C11H12N2OS. The zero-order valence-corrected chi connectivity index (χ0v) is 9.54. The van der Waals surface area contributed by atoms with Crippen molar-refractivity contribution in [1.82, 2.24) is 9.36 Å². The smallest absolute Gasteiger partial charge is 0.146 e.